The van der Waals surface area contributed by atoms with Gasteiger partial charge in [0.1, 0.15) is 5.75 Å². The van der Waals surface area contributed by atoms with E-state index in [2.05, 4.69) is 13.8 Å². The summed E-state index contributed by atoms with van der Waals surface area (Å²) in [5.41, 5.74) is 0.836. The van der Waals surface area contributed by atoms with Gasteiger partial charge in [0.2, 0.25) is 0 Å². The van der Waals surface area contributed by atoms with E-state index in [-0.39, 0.29) is 0 Å². The molecule has 0 heterocycles. The van der Waals surface area contributed by atoms with Gasteiger partial charge in [-0.15, -0.1) is 0 Å². The Labute approximate surface area is 102 Å². The van der Waals surface area contributed by atoms with E-state index in [9.17, 15) is 5.11 Å². The highest BCUT2D eigenvalue weighted by Gasteiger charge is 2.21. The number of ether oxygens (including phenoxy) is 1. The topological polar surface area (TPSA) is 29.5 Å². The van der Waals surface area contributed by atoms with Crippen molar-refractivity contribution in [3.8, 4) is 5.75 Å². The molecule has 1 N–H and O–H groups in total. The number of aliphatic hydroxyl groups is 1. The third kappa shape index (κ3) is 2.69. The van der Waals surface area contributed by atoms with E-state index < -0.39 is 5.60 Å². The molecule has 90 valence electrons. The monoisotopic (exact) mass is 242 g/mol. The molecule has 0 aliphatic carbocycles. The van der Waals surface area contributed by atoms with Crippen molar-refractivity contribution in [2.75, 3.05) is 7.11 Å². The van der Waals surface area contributed by atoms with Crippen LogP contribution in [-0.4, -0.2) is 12.2 Å². The van der Waals surface area contributed by atoms with E-state index in [0.717, 1.165) is 16.9 Å². The Morgan fingerprint density at radius 1 is 1.31 bits per heavy atom. The summed E-state index contributed by atoms with van der Waals surface area (Å²) in [6.45, 7) is 7.58. The Bertz CT molecular complexity index is 378. The van der Waals surface area contributed by atoms with Crippen molar-refractivity contribution in [1.29, 1.82) is 0 Å². The van der Waals surface area contributed by atoms with Crippen LogP contribution in [0.5, 0.6) is 5.75 Å². The van der Waals surface area contributed by atoms with Crippen LogP contribution in [0.15, 0.2) is 12.1 Å². The Hall–Kier alpha value is -0.730. The summed E-state index contributed by atoms with van der Waals surface area (Å²) in [5.74, 6) is 1.03. The SMILES string of the molecule is COc1cc(C(C)(C)O)cc(Cl)c1C(C)C. The highest BCUT2D eigenvalue weighted by atomic mass is 35.5. The van der Waals surface area contributed by atoms with E-state index in [4.69, 9.17) is 16.3 Å². The summed E-state index contributed by atoms with van der Waals surface area (Å²) >= 11 is 6.22. The Balaban J connectivity index is 3.38. The van der Waals surface area contributed by atoms with Crippen molar-refractivity contribution in [2.24, 2.45) is 0 Å². The lowest BCUT2D eigenvalue weighted by molar-refractivity contribution is 0.0783. The lowest BCUT2D eigenvalue weighted by Crippen LogP contribution is -2.16. The summed E-state index contributed by atoms with van der Waals surface area (Å²) in [7, 11) is 1.62. The second-order valence-corrected chi connectivity index (χ2v) is 5.19. The normalized spacial score (nSPS) is 12.0. The molecule has 0 amide bonds. The van der Waals surface area contributed by atoms with Crippen molar-refractivity contribution >= 4 is 11.6 Å². The second-order valence-electron chi connectivity index (χ2n) is 4.79. The Kier molecular flexibility index (Phi) is 3.87. The number of hydrogen-bond acceptors (Lipinski definition) is 2. The molecule has 1 aromatic rings. The average molecular weight is 243 g/mol. The molecular formula is C13H19ClO2. The van der Waals surface area contributed by atoms with Crippen LogP contribution in [0.1, 0.15) is 44.7 Å². The molecule has 1 rings (SSSR count). The molecule has 0 radical (unpaired) electrons. The van der Waals surface area contributed by atoms with Gasteiger partial charge in [-0.3, -0.25) is 0 Å². The number of methoxy groups -OCH3 is 1. The van der Waals surface area contributed by atoms with Gasteiger partial charge in [-0.1, -0.05) is 25.4 Å². The van der Waals surface area contributed by atoms with Gasteiger partial charge in [0.25, 0.3) is 0 Å². The van der Waals surface area contributed by atoms with Crippen molar-refractivity contribution < 1.29 is 9.84 Å². The van der Waals surface area contributed by atoms with Gasteiger partial charge in [-0.2, -0.15) is 0 Å². The van der Waals surface area contributed by atoms with Crippen LogP contribution in [-0.2, 0) is 5.60 Å². The molecule has 0 aliphatic rings. The van der Waals surface area contributed by atoms with E-state index in [1.165, 1.54) is 0 Å². The van der Waals surface area contributed by atoms with E-state index in [0.29, 0.717) is 10.9 Å². The molecule has 2 nitrogen and oxygen atoms in total. The first-order chi connectivity index (χ1) is 7.27. The maximum absolute atomic E-state index is 9.95. The minimum Gasteiger partial charge on any atom is -0.496 e. The summed E-state index contributed by atoms with van der Waals surface area (Å²) in [5, 5.41) is 10.6. The Morgan fingerprint density at radius 2 is 1.88 bits per heavy atom. The standard InChI is InChI=1S/C13H19ClO2/c1-8(2)12-10(14)6-9(13(3,4)15)7-11(12)16-5/h6-8,15H,1-5H3. The minimum absolute atomic E-state index is 0.290. The lowest BCUT2D eigenvalue weighted by Gasteiger charge is -2.22. The number of rotatable bonds is 3. The predicted molar refractivity (Wildman–Crippen MR) is 67.3 cm³/mol. The molecule has 0 fully saturated rings. The summed E-state index contributed by atoms with van der Waals surface area (Å²) in [4.78, 5) is 0. The largest absolute Gasteiger partial charge is 0.496 e. The van der Waals surface area contributed by atoms with Gasteiger partial charge in [0.05, 0.1) is 12.7 Å². The molecule has 16 heavy (non-hydrogen) atoms. The summed E-state index contributed by atoms with van der Waals surface area (Å²) < 4.78 is 5.33. The zero-order valence-electron chi connectivity index (χ0n) is 10.5. The molecule has 1 aromatic carbocycles. The first kappa shape index (κ1) is 13.3. The van der Waals surface area contributed by atoms with Gasteiger partial charge in [0, 0.05) is 10.6 Å². The van der Waals surface area contributed by atoms with Crippen LogP contribution in [0.25, 0.3) is 0 Å². The molecule has 0 atom stereocenters. The molecule has 0 unspecified atom stereocenters. The second kappa shape index (κ2) is 4.64. The van der Waals surface area contributed by atoms with Gasteiger partial charge in [-0.25, -0.2) is 0 Å². The van der Waals surface area contributed by atoms with E-state index in [1.807, 2.05) is 6.07 Å². The van der Waals surface area contributed by atoms with Crippen LogP contribution >= 0.6 is 11.6 Å². The van der Waals surface area contributed by atoms with Gasteiger partial charge >= 0.3 is 0 Å². The van der Waals surface area contributed by atoms with E-state index >= 15 is 0 Å². The van der Waals surface area contributed by atoms with Crippen molar-refractivity contribution in [3.05, 3.63) is 28.3 Å². The first-order valence-electron chi connectivity index (χ1n) is 5.37. The number of halogens is 1. The molecule has 0 saturated heterocycles. The molecule has 0 spiro atoms. The van der Waals surface area contributed by atoms with Crippen LogP contribution in [0.2, 0.25) is 5.02 Å². The Morgan fingerprint density at radius 3 is 2.25 bits per heavy atom. The molecular weight excluding hydrogens is 224 g/mol. The third-order valence-electron chi connectivity index (χ3n) is 2.60. The zero-order valence-corrected chi connectivity index (χ0v) is 11.2. The maximum atomic E-state index is 9.95. The predicted octanol–water partition coefficient (Wildman–Crippen LogP) is 3.70. The minimum atomic E-state index is -0.910. The maximum Gasteiger partial charge on any atom is 0.124 e. The fourth-order valence-corrected chi connectivity index (χ4v) is 2.10. The number of hydrogen-bond donors (Lipinski definition) is 1. The van der Waals surface area contributed by atoms with Gasteiger partial charge in [0.15, 0.2) is 0 Å². The molecule has 0 saturated carbocycles. The fraction of sp³-hybridized carbons (Fsp3) is 0.538. The van der Waals surface area contributed by atoms with Crippen molar-refractivity contribution in [2.45, 2.75) is 39.2 Å². The third-order valence-corrected chi connectivity index (χ3v) is 2.91. The first-order valence-corrected chi connectivity index (χ1v) is 5.75. The zero-order chi connectivity index (χ0) is 12.5. The molecule has 0 bridgehead atoms. The van der Waals surface area contributed by atoms with Gasteiger partial charge < -0.3 is 9.84 Å². The van der Waals surface area contributed by atoms with Crippen molar-refractivity contribution in [3.63, 3.8) is 0 Å². The average Bonchev–Trinajstić information content (AvgIpc) is 2.14. The summed E-state index contributed by atoms with van der Waals surface area (Å²) in [6, 6.07) is 3.65. The van der Waals surface area contributed by atoms with Gasteiger partial charge in [-0.05, 0) is 37.5 Å². The molecule has 0 aromatic heterocycles. The summed E-state index contributed by atoms with van der Waals surface area (Å²) in [6.07, 6.45) is 0. The smallest absolute Gasteiger partial charge is 0.124 e. The quantitative estimate of drug-likeness (QED) is 0.876. The van der Waals surface area contributed by atoms with Crippen LogP contribution in [0.3, 0.4) is 0 Å². The van der Waals surface area contributed by atoms with Crippen molar-refractivity contribution in [1.82, 2.24) is 0 Å². The van der Waals surface area contributed by atoms with Crippen LogP contribution in [0, 0.1) is 0 Å². The van der Waals surface area contributed by atoms with E-state index in [1.54, 1.807) is 27.0 Å². The highest BCUT2D eigenvalue weighted by molar-refractivity contribution is 6.31. The van der Waals surface area contributed by atoms with Crippen LogP contribution in [0.4, 0.5) is 0 Å². The van der Waals surface area contributed by atoms with Crippen LogP contribution < -0.4 is 4.74 Å². The molecule has 0 aliphatic heterocycles. The number of benzene rings is 1. The highest BCUT2D eigenvalue weighted by Crippen LogP contribution is 2.37. The fourth-order valence-electron chi connectivity index (χ4n) is 1.68. The molecule has 3 heteroatoms. The lowest BCUT2D eigenvalue weighted by atomic mass is 9.93.